The van der Waals surface area contributed by atoms with Crippen LogP contribution in [-0.4, -0.2) is 29.1 Å². The number of aromatic hydroxyl groups is 1. The van der Waals surface area contributed by atoms with Crippen molar-refractivity contribution in [2.75, 3.05) is 12.4 Å². The first-order valence-electron chi connectivity index (χ1n) is 7.59. The number of carbonyl (C=O) groups excluding carboxylic acids is 2. The third-order valence-corrected chi connectivity index (χ3v) is 3.84. The lowest BCUT2D eigenvalue weighted by atomic mass is 10.0. The molecule has 25 heavy (non-hydrogen) atoms. The molecule has 1 aromatic heterocycles. The van der Waals surface area contributed by atoms with Crippen molar-refractivity contribution < 1.29 is 19.4 Å². The monoisotopic (exact) mass is 336 g/mol. The predicted octanol–water partition coefficient (Wildman–Crippen LogP) is 3.29. The van der Waals surface area contributed by atoms with Crippen LogP contribution in [0.1, 0.15) is 26.5 Å². The molecule has 0 aliphatic rings. The molecule has 0 saturated heterocycles. The van der Waals surface area contributed by atoms with Gasteiger partial charge in [-0.3, -0.25) is 4.79 Å². The number of methoxy groups -OCH3 is 1. The van der Waals surface area contributed by atoms with E-state index in [2.05, 4.69) is 15.0 Å². The number of aryl methyl sites for hydroxylation is 1. The van der Waals surface area contributed by atoms with E-state index in [4.69, 9.17) is 0 Å². The SMILES string of the molecule is COC(=O)c1nc(C)c2cc(C(=O)Nc3ccccc3)ccc2c1O. The van der Waals surface area contributed by atoms with E-state index < -0.39 is 5.97 Å². The minimum absolute atomic E-state index is 0.144. The van der Waals surface area contributed by atoms with E-state index in [0.29, 0.717) is 27.7 Å². The number of amides is 1. The molecular formula is C19H16N2O4. The van der Waals surface area contributed by atoms with Gasteiger partial charge in [-0.05, 0) is 37.3 Å². The topological polar surface area (TPSA) is 88.5 Å². The Balaban J connectivity index is 2.01. The zero-order valence-corrected chi connectivity index (χ0v) is 13.7. The van der Waals surface area contributed by atoms with Crippen LogP contribution in [0.25, 0.3) is 10.8 Å². The number of benzene rings is 2. The molecule has 0 spiro atoms. The van der Waals surface area contributed by atoms with Gasteiger partial charge in [0.2, 0.25) is 0 Å². The quantitative estimate of drug-likeness (QED) is 0.717. The highest BCUT2D eigenvalue weighted by Gasteiger charge is 2.19. The lowest BCUT2D eigenvalue weighted by molar-refractivity contribution is 0.0590. The van der Waals surface area contributed by atoms with Crippen molar-refractivity contribution in [3.63, 3.8) is 0 Å². The molecule has 126 valence electrons. The van der Waals surface area contributed by atoms with Gasteiger partial charge in [0.15, 0.2) is 11.4 Å². The molecule has 2 aromatic carbocycles. The summed E-state index contributed by atoms with van der Waals surface area (Å²) in [7, 11) is 1.22. The number of nitrogens with one attached hydrogen (secondary N) is 1. The number of rotatable bonds is 3. The Morgan fingerprint density at radius 2 is 1.80 bits per heavy atom. The van der Waals surface area contributed by atoms with E-state index in [0.717, 1.165) is 0 Å². The average Bonchev–Trinajstić information content (AvgIpc) is 2.64. The highest BCUT2D eigenvalue weighted by Crippen LogP contribution is 2.30. The molecule has 6 heteroatoms. The molecule has 0 saturated carbocycles. The minimum atomic E-state index is -0.714. The number of pyridine rings is 1. The van der Waals surface area contributed by atoms with E-state index in [1.54, 1.807) is 37.3 Å². The summed E-state index contributed by atoms with van der Waals surface area (Å²) in [4.78, 5) is 28.2. The van der Waals surface area contributed by atoms with Crippen LogP contribution in [0.5, 0.6) is 5.75 Å². The molecule has 6 nitrogen and oxygen atoms in total. The summed E-state index contributed by atoms with van der Waals surface area (Å²) in [5, 5.41) is 14.1. The second-order valence-corrected chi connectivity index (χ2v) is 5.47. The summed E-state index contributed by atoms with van der Waals surface area (Å²) in [5.74, 6) is -1.25. The van der Waals surface area contributed by atoms with Gasteiger partial charge in [0.05, 0.1) is 7.11 Å². The second kappa shape index (κ2) is 6.60. The Bertz CT molecular complexity index is 968. The predicted molar refractivity (Wildman–Crippen MR) is 93.9 cm³/mol. The van der Waals surface area contributed by atoms with Crippen molar-refractivity contribution in [3.05, 3.63) is 65.5 Å². The molecule has 0 aliphatic carbocycles. The van der Waals surface area contributed by atoms with Gasteiger partial charge in [0.1, 0.15) is 0 Å². The number of anilines is 1. The van der Waals surface area contributed by atoms with Gasteiger partial charge in [0.25, 0.3) is 5.91 Å². The molecule has 0 bridgehead atoms. The fourth-order valence-corrected chi connectivity index (χ4v) is 2.56. The van der Waals surface area contributed by atoms with Crippen molar-refractivity contribution in [2.24, 2.45) is 0 Å². The number of hydrogen-bond donors (Lipinski definition) is 2. The molecule has 2 N–H and O–H groups in total. The number of hydrogen-bond acceptors (Lipinski definition) is 5. The fourth-order valence-electron chi connectivity index (χ4n) is 2.56. The summed E-state index contributed by atoms with van der Waals surface area (Å²) in [6.07, 6.45) is 0. The van der Waals surface area contributed by atoms with Crippen LogP contribution < -0.4 is 5.32 Å². The third-order valence-electron chi connectivity index (χ3n) is 3.84. The molecule has 0 aliphatic heterocycles. The van der Waals surface area contributed by atoms with Gasteiger partial charge >= 0.3 is 5.97 Å². The molecule has 0 atom stereocenters. The molecule has 0 fully saturated rings. The number of nitrogens with zero attached hydrogens (tertiary/aromatic N) is 1. The average molecular weight is 336 g/mol. The second-order valence-electron chi connectivity index (χ2n) is 5.47. The third kappa shape index (κ3) is 3.14. The van der Waals surface area contributed by atoms with Crippen molar-refractivity contribution in [1.29, 1.82) is 0 Å². The summed E-state index contributed by atoms with van der Waals surface area (Å²) in [5.41, 5.74) is 1.48. The van der Waals surface area contributed by atoms with Gasteiger partial charge in [-0.2, -0.15) is 0 Å². The lowest BCUT2D eigenvalue weighted by Crippen LogP contribution is -2.12. The van der Waals surface area contributed by atoms with E-state index in [1.165, 1.54) is 7.11 Å². The Morgan fingerprint density at radius 1 is 1.08 bits per heavy atom. The number of fused-ring (bicyclic) bond motifs is 1. The molecule has 3 rings (SSSR count). The smallest absolute Gasteiger partial charge is 0.360 e. The van der Waals surface area contributed by atoms with Crippen LogP contribution in [0.15, 0.2) is 48.5 Å². The highest BCUT2D eigenvalue weighted by atomic mass is 16.5. The first-order chi connectivity index (χ1) is 12.0. The van der Waals surface area contributed by atoms with Crippen molar-refractivity contribution in [2.45, 2.75) is 6.92 Å². The summed E-state index contributed by atoms with van der Waals surface area (Å²) >= 11 is 0. The Labute approximate surface area is 144 Å². The minimum Gasteiger partial charge on any atom is -0.505 e. The van der Waals surface area contributed by atoms with Gasteiger partial charge in [-0.1, -0.05) is 18.2 Å². The summed E-state index contributed by atoms with van der Waals surface area (Å²) < 4.78 is 4.62. The van der Waals surface area contributed by atoms with Crippen molar-refractivity contribution >= 4 is 28.3 Å². The van der Waals surface area contributed by atoms with Crippen LogP contribution in [0.3, 0.4) is 0 Å². The first kappa shape index (κ1) is 16.4. The number of para-hydroxylation sites is 1. The van der Waals surface area contributed by atoms with Crippen LogP contribution in [-0.2, 0) is 4.74 Å². The largest absolute Gasteiger partial charge is 0.505 e. The zero-order valence-electron chi connectivity index (χ0n) is 13.7. The van der Waals surface area contributed by atoms with Gasteiger partial charge in [-0.15, -0.1) is 0 Å². The molecular weight excluding hydrogens is 320 g/mol. The van der Waals surface area contributed by atoms with Gasteiger partial charge in [0, 0.05) is 27.7 Å². The Morgan fingerprint density at radius 3 is 2.48 bits per heavy atom. The Kier molecular flexibility index (Phi) is 4.35. The summed E-state index contributed by atoms with van der Waals surface area (Å²) in [6, 6.07) is 13.9. The number of ether oxygens (including phenoxy) is 1. The van der Waals surface area contributed by atoms with Crippen molar-refractivity contribution in [1.82, 2.24) is 4.98 Å². The maximum atomic E-state index is 12.4. The van der Waals surface area contributed by atoms with E-state index in [-0.39, 0.29) is 17.4 Å². The molecule has 0 unspecified atom stereocenters. The van der Waals surface area contributed by atoms with Crippen LogP contribution in [0.4, 0.5) is 5.69 Å². The van der Waals surface area contributed by atoms with Gasteiger partial charge < -0.3 is 15.2 Å². The molecule has 0 radical (unpaired) electrons. The first-order valence-corrected chi connectivity index (χ1v) is 7.59. The zero-order chi connectivity index (χ0) is 18.0. The lowest BCUT2D eigenvalue weighted by Gasteiger charge is -2.10. The van der Waals surface area contributed by atoms with Crippen LogP contribution in [0.2, 0.25) is 0 Å². The Hall–Kier alpha value is -3.41. The van der Waals surface area contributed by atoms with Gasteiger partial charge in [-0.25, -0.2) is 9.78 Å². The maximum absolute atomic E-state index is 12.4. The number of aromatic nitrogens is 1. The normalized spacial score (nSPS) is 10.5. The van der Waals surface area contributed by atoms with Crippen LogP contribution >= 0.6 is 0 Å². The highest BCUT2D eigenvalue weighted by molar-refractivity contribution is 6.08. The number of carbonyl (C=O) groups is 2. The van der Waals surface area contributed by atoms with E-state index in [1.807, 2.05) is 18.2 Å². The number of esters is 1. The van der Waals surface area contributed by atoms with E-state index >= 15 is 0 Å². The molecule has 1 amide bonds. The molecule has 3 aromatic rings. The standard InChI is InChI=1S/C19H16N2O4/c1-11-15-10-12(18(23)21-13-6-4-3-5-7-13)8-9-14(15)17(22)16(20-11)19(24)25-2/h3-10,22H,1-2H3,(H,21,23). The van der Waals surface area contributed by atoms with Crippen molar-refractivity contribution in [3.8, 4) is 5.75 Å². The fraction of sp³-hybridized carbons (Fsp3) is 0.105. The molecule has 1 heterocycles. The maximum Gasteiger partial charge on any atom is 0.360 e. The van der Waals surface area contributed by atoms with Crippen LogP contribution in [0, 0.1) is 6.92 Å². The summed E-state index contributed by atoms with van der Waals surface area (Å²) in [6.45, 7) is 1.70. The van der Waals surface area contributed by atoms with E-state index in [9.17, 15) is 14.7 Å².